The van der Waals surface area contributed by atoms with Crippen LogP contribution in [0.5, 0.6) is 5.75 Å². The molecule has 0 aliphatic heterocycles. The first-order valence-corrected chi connectivity index (χ1v) is 9.62. The summed E-state index contributed by atoms with van der Waals surface area (Å²) in [4.78, 5) is 23.7. The minimum Gasteiger partial charge on any atom is -0.489 e. The predicted molar refractivity (Wildman–Crippen MR) is 116 cm³/mol. The fourth-order valence-corrected chi connectivity index (χ4v) is 2.69. The zero-order valence-electron chi connectivity index (χ0n) is 16.5. The molecule has 3 rings (SSSR count). The van der Waals surface area contributed by atoms with Crippen molar-refractivity contribution < 1.29 is 14.3 Å². The first kappa shape index (κ1) is 20.8. The van der Waals surface area contributed by atoms with Crippen LogP contribution < -0.4 is 15.5 Å². The molecule has 0 radical (unpaired) electrons. The largest absolute Gasteiger partial charge is 0.489 e. The average molecular weight is 401 g/mol. The lowest BCUT2D eigenvalue weighted by Gasteiger charge is -2.07. The molecule has 3 aromatic rings. The van der Waals surface area contributed by atoms with E-state index < -0.39 is 11.8 Å². The third-order valence-electron chi connectivity index (χ3n) is 4.23. The maximum atomic E-state index is 11.8. The van der Waals surface area contributed by atoms with E-state index in [-0.39, 0.29) is 0 Å². The molecule has 0 aliphatic carbocycles. The van der Waals surface area contributed by atoms with Gasteiger partial charge < -0.3 is 10.1 Å². The molecule has 0 unspecified atom stereocenters. The van der Waals surface area contributed by atoms with E-state index in [1.54, 1.807) is 6.07 Å². The van der Waals surface area contributed by atoms with E-state index in [0.717, 1.165) is 16.7 Å². The molecule has 0 saturated carbocycles. The van der Waals surface area contributed by atoms with Gasteiger partial charge in [0.25, 0.3) is 0 Å². The number of rotatable bonds is 8. The van der Waals surface area contributed by atoms with Crippen LogP contribution >= 0.6 is 0 Å². The fraction of sp³-hybridized carbons (Fsp3) is 0.125. The van der Waals surface area contributed by atoms with E-state index in [9.17, 15) is 9.59 Å². The SMILES string of the molecule is O=C(NCCc1ccccc1)C(=O)N/N=C/c1cccc(OCc2ccccc2)c1. The summed E-state index contributed by atoms with van der Waals surface area (Å²) in [5.41, 5.74) is 5.14. The Morgan fingerprint density at radius 2 is 1.53 bits per heavy atom. The number of ether oxygens (including phenoxy) is 1. The predicted octanol–water partition coefficient (Wildman–Crippen LogP) is 3.07. The van der Waals surface area contributed by atoms with E-state index in [2.05, 4.69) is 15.8 Å². The number of hydrazone groups is 1. The molecule has 0 spiro atoms. The van der Waals surface area contributed by atoms with Crippen LogP contribution in [-0.2, 0) is 22.6 Å². The molecule has 0 aliphatic rings. The van der Waals surface area contributed by atoms with Crippen LogP contribution in [0.2, 0.25) is 0 Å². The highest BCUT2D eigenvalue weighted by atomic mass is 16.5. The maximum absolute atomic E-state index is 11.8. The molecule has 0 saturated heterocycles. The van der Waals surface area contributed by atoms with Gasteiger partial charge in [-0.1, -0.05) is 72.8 Å². The number of carbonyl (C=O) groups excluding carboxylic acids is 2. The molecule has 30 heavy (non-hydrogen) atoms. The third kappa shape index (κ3) is 6.91. The molecule has 2 N–H and O–H groups in total. The quantitative estimate of drug-likeness (QED) is 0.346. The minimum absolute atomic E-state index is 0.376. The molecule has 6 nitrogen and oxygen atoms in total. The van der Waals surface area contributed by atoms with E-state index in [1.165, 1.54) is 6.21 Å². The molecule has 0 bridgehead atoms. The zero-order valence-corrected chi connectivity index (χ0v) is 16.5. The molecular weight excluding hydrogens is 378 g/mol. The van der Waals surface area contributed by atoms with Crippen LogP contribution in [0.25, 0.3) is 0 Å². The van der Waals surface area contributed by atoms with Crippen molar-refractivity contribution in [3.05, 3.63) is 102 Å². The molecule has 152 valence electrons. The average Bonchev–Trinajstić information content (AvgIpc) is 2.79. The van der Waals surface area contributed by atoms with Gasteiger partial charge in [0, 0.05) is 6.54 Å². The molecule has 2 amide bonds. The fourth-order valence-electron chi connectivity index (χ4n) is 2.69. The Morgan fingerprint density at radius 1 is 0.833 bits per heavy atom. The summed E-state index contributed by atoms with van der Waals surface area (Å²) in [5.74, 6) is -0.841. The summed E-state index contributed by atoms with van der Waals surface area (Å²) in [6, 6.07) is 26.9. The second-order valence-corrected chi connectivity index (χ2v) is 6.54. The van der Waals surface area contributed by atoms with Gasteiger partial charge in [-0.2, -0.15) is 5.10 Å². The lowest BCUT2D eigenvalue weighted by atomic mass is 10.1. The monoisotopic (exact) mass is 401 g/mol. The Labute approximate surface area is 175 Å². The van der Waals surface area contributed by atoms with Crippen molar-refractivity contribution in [1.82, 2.24) is 10.7 Å². The van der Waals surface area contributed by atoms with Crippen LogP contribution in [0.15, 0.2) is 90.0 Å². The Balaban J connectivity index is 1.42. The summed E-state index contributed by atoms with van der Waals surface area (Å²) in [6.45, 7) is 0.835. The van der Waals surface area contributed by atoms with Gasteiger partial charge in [0.05, 0.1) is 6.21 Å². The number of nitrogens with zero attached hydrogens (tertiary/aromatic N) is 1. The second-order valence-electron chi connectivity index (χ2n) is 6.54. The summed E-state index contributed by atoms with van der Waals surface area (Å²) in [7, 11) is 0. The maximum Gasteiger partial charge on any atom is 0.329 e. The van der Waals surface area contributed by atoms with Gasteiger partial charge >= 0.3 is 11.8 Å². The Bertz CT molecular complexity index is 989. The van der Waals surface area contributed by atoms with Crippen molar-refractivity contribution in [3.63, 3.8) is 0 Å². The van der Waals surface area contributed by atoms with Gasteiger partial charge in [0.2, 0.25) is 0 Å². The van der Waals surface area contributed by atoms with Gasteiger partial charge in [-0.25, -0.2) is 5.43 Å². The standard InChI is InChI=1S/C24H23N3O3/c28-23(25-15-14-19-8-3-1-4-9-19)24(29)27-26-17-21-12-7-13-22(16-21)30-18-20-10-5-2-6-11-20/h1-13,16-17H,14-15,18H2,(H,25,28)(H,27,29)/b26-17+. The van der Waals surface area contributed by atoms with Gasteiger partial charge in [0.1, 0.15) is 12.4 Å². The second kappa shape index (κ2) is 11.2. The van der Waals surface area contributed by atoms with Gasteiger partial charge in [-0.15, -0.1) is 0 Å². The summed E-state index contributed by atoms with van der Waals surface area (Å²) >= 11 is 0. The van der Waals surface area contributed by atoms with Crippen LogP contribution in [0.3, 0.4) is 0 Å². The van der Waals surface area contributed by atoms with E-state index in [4.69, 9.17) is 4.74 Å². The lowest BCUT2D eigenvalue weighted by molar-refractivity contribution is -0.139. The normalized spacial score (nSPS) is 10.5. The number of amides is 2. The molecule has 3 aromatic carbocycles. The van der Waals surface area contributed by atoms with E-state index in [1.807, 2.05) is 78.9 Å². The molecular formula is C24H23N3O3. The van der Waals surface area contributed by atoms with Crippen molar-refractivity contribution in [3.8, 4) is 5.75 Å². The van der Waals surface area contributed by atoms with Crippen LogP contribution in [-0.4, -0.2) is 24.6 Å². The van der Waals surface area contributed by atoms with E-state index >= 15 is 0 Å². The number of hydrogen-bond acceptors (Lipinski definition) is 4. The minimum atomic E-state index is -0.809. The lowest BCUT2D eigenvalue weighted by Crippen LogP contribution is -2.38. The highest BCUT2D eigenvalue weighted by molar-refractivity contribution is 6.35. The van der Waals surface area contributed by atoms with Gasteiger partial charge in [-0.3, -0.25) is 9.59 Å². The Morgan fingerprint density at radius 3 is 2.27 bits per heavy atom. The van der Waals surface area contributed by atoms with Crippen LogP contribution in [0.4, 0.5) is 0 Å². The van der Waals surface area contributed by atoms with Crippen LogP contribution in [0.1, 0.15) is 16.7 Å². The summed E-state index contributed by atoms with van der Waals surface area (Å²) in [6.07, 6.45) is 2.11. The first-order chi connectivity index (χ1) is 14.7. The third-order valence-corrected chi connectivity index (χ3v) is 4.23. The van der Waals surface area contributed by atoms with Crippen molar-refractivity contribution in [2.45, 2.75) is 13.0 Å². The highest BCUT2D eigenvalue weighted by Crippen LogP contribution is 2.14. The number of nitrogens with one attached hydrogen (secondary N) is 2. The van der Waals surface area contributed by atoms with Crippen LogP contribution in [0, 0.1) is 0 Å². The zero-order chi connectivity index (χ0) is 21.0. The molecule has 0 fully saturated rings. The Kier molecular flexibility index (Phi) is 7.74. The number of hydrogen-bond donors (Lipinski definition) is 2. The summed E-state index contributed by atoms with van der Waals surface area (Å²) in [5, 5.41) is 6.42. The molecule has 6 heteroatoms. The van der Waals surface area contributed by atoms with E-state index in [0.29, 0.717) is 25.3 Å². The van der Waals surface area contributed by atoms with Crippen molar-refractivity contribution in [1.29, 1.82) is 0 Å². The molecule has 0 atom stereocenters. The van der Waals surface area contributed by atoms with Gasteiger partial charge in [-0.05, 0) is 35.2 Å². The summed E-state index contributed by atoms with van der Waals surface area (Å²) < 4.78 is 5.77. The first-order valence-electron chi connectivity index (χ1n) is 9.62. The highest BCUT2D eigenvalue weighted by Gasteiger charge is 2.11. The number of carbonyl (C=O) groups is 2. The van der Waals surface area contributed by atoms with Gasteiger partial charge in [0.15, 0.2) is 0 Å². The topological polar surface area (TPSA) is 79.8 Å². The van der Waals surface area contributed by atoms with Crippen molar-refractivity contribution in [2.24, 2.45) is 5.10 Å². The number of benzene rings is 3. The smallest absolute Gasteiger partial charge is 0.329 e. The molecule has 0 aromatic heterocycles. The Hall–Kier alpha value is -3.93. The molecule has 0 heterocycles. The van der Waals surface area contributed by atoms with Crippen molar-refractivity contribution >= 4 is 18.0 Å². The van der Waals surface area contributed by atoms with Crippen molar-refractivity contribution in [2.75, 3.05) is 6.54 Å².